The minimum Gasteiger partial charge on any atom is -0.508 e. The first-order valence-corrected chi connectivity index (χ1v) is 12.1. The molecule has 13 heteroatoms. The van der Waals surface area contributed by atoms with Crippen LogP contribution in [0.2, 0.25) is 0 Å². The number of carbonyl (C=O) groups excluding carboxylic acids is 3. The molecule has 1 aromatic heterocycles. The molecule has 1 aliphatic rings. The summed E-state index contributed by atoms with van der Waals surface area (Å²) < 4.78 is 0. The Labute approximate surface area is 213 Å². The van der Waals surface area contributed by atoms with E-state index in [0.717, 1.165) is 5.56 Å². The van der Waals surface area contributed by atoms with Gasteiger partial charge in [0.25, 0.3) is 0 Å². The van der Waals surface area contributed by atoms with Crippen molar-refractivity contribution in [2.75, 3.05) is 12.3 Å². The van der Waals surface area contributed by atoms with Gasteiger partial charge < -0.3 is 36.5 Å². The number of nitrogens with one attached hydrogen (secondary N) is 3. The Morgan fingerprint density at radius 3 is 2.44 bits per heavy atom. The SMILES string of the molecule is NC(Cc1ccc(O)cc1)C(=O)NC(CS)C(=O)NC(Cc1cnc[nH]1)C(=O)N1CCCC1C(=O)O. The number of aliphatic carboxylic acids is 1. The lowest BCUT2D eigenvalue weighted by Crippen LogP contribution is -2.58. The number of aromatic hydroxyl groups is 1. The Bertz CT molecular complexity index is 1060. The number of benzene rings is 1. The van der Waals surface area contributed by atoms with E-state index in [1.54, 1.807) is 12.1 Å². The monoisotopic (exact) mass is 518 g/mol. The number of hydrogen-bond donors (Lipinski definition) is 7. The van der Waals surface area contributed by atoms with E-state index in [2.05, 4.69) is 33.2 Å². The van der Waals surface area contributed by atoms with Crippen molar-refractivity contribution < 1.29 is 29.4 Å². The maximum Gasteiger partial charge on any atom is 0.326 e. The molecule has 3 rings (SSSR count). The zero-order chi connectivity index (χ0) is 26.2. The molecular weight excluding hydrogens is 488 g/mol. The summed E-state index contributed by atoms with van der Waals surface area (Å²) >= 11 is 4.17. The van der Waals surface area contributed by atoms with E-state index in [0.29, 0.717) is 18.5 Å². The number of phenols is 1. The number of amides is 3. The molecule has 12 nitrogen and oxygen atoms in total. The van der Waals surface area contributed by atoms with E-state index in [9.17, 15) is 29.4 Å². The summed E-state index contributed by atoms with van der Waals surface area (Å²) in [7, 11) is 0. The van der Waals surface area contributed by atoms with Crippen molar-refractivity contribution in [3.63, 3.8) is 0 Å². The number of carbonyl (C=O) groups is 4. The average Bonchev–Trinajstić information content (AvgIpc) is 3.55. The number of carboxylic acids is 1. The molecule has 194 valence electrons. The summed E-state index contributed by atoms with van der Waals surface area (Å²) in [5, 5.41) is 24.1. The maximum absolute atomic E-state index is 13.3. The Hall–Kier alpha value is -3.58. The van der Waals surface area contributed by atoms with Gasteiger partial charge in [-0.25, -0.2) is 9.78 Å². The molecule has 4 atom stereocenters. The highest BCUT2D eigenvalue weighted by atomic mass is 32.1. The van der Waals surface area contributed by atoms with Crippen LogP contribution in [0.15, 0.2) is 36.8 Å². The maximum atomic E-state index is 13.3. The molecule has 7 N–H and O–H groups in total. The van der Waals surface area contributed by atoms with Crippen molar-refractivity contribution >= 4 is 36.3 Å². The Kier molecular flexibility index (Phi) is 9.31. The fourth-order valence-electron chi connectivity index (χ4n) is 4.03. The van der Waals surface area contributed by atoms with Crippen LogP contribution in [0.5, 0.6) is 5.75 Å². The minimum absolute atomic E-state index is 0.0566. The quantitative estimate of drug-likeness (QED) is 0.188. The Balaban J connectivity index is 1.67. The van der Waals surface area contributed by atoms with Crippen LogP contribution < -0.4 is 16.4 Å². The van der Waals surface area contributed by atoms with Crippen LogP contribution in [0.3, 0.4) is 0 Å². The number of nitrogens with two attached hydrogens (primary N) is 1. The van der Waals surface area contributed by atoms with Crippen molar-refractivity contribution in [2.24, 2.45) is 5.73 Å². The zero-order valence-electron chi connectivity index (χ0n) is 19.5. The third-order valence-corrected chi connectivity index (χ3v) is 6.32. The molecule has 36 heavy (non-hydrogen) atoms. The molecule has 2 heterocycles. The number of aromatic nitrogens is 2. The summed E-state index contributed by atoms with van der Waals surface area (Å²) in [4.78, 5) is 58.6. The van der Waals surface area contributed by atoms with Gasteiger partial charge >= 0.3 is 5.97 Å². The van der Waals surface area contributed by atoms with Gasteiger partial charge in [-0.15, -0.1) is 0 Å². The largest absolute Gasteiger partial charge is 0.508 e. The standard InChI is InChI=1S/C23H30N6O6S/c24-16(8-13-3-5-15(30)6-4-13)20(31)28-18(11-36)21(32)27-17(9-14-10-25-12-26-14)22(33)29-7-1-2-19(29)23(34)35/h3-6,10,12,16-19,30,36H,1-2,7-9,11,24H2,(H,25,26)(H,27,32)(H,28,31)(H,34,35). The predicted molar refractivity (Wildman–Crippen MR) is 132 cm³/mol. The molecule has 0 aliphatic carbocycles. The molecule has 3 amide bonds. The third kappa shape index (κ3) is 6.98. The Morgan fingerprint density at radius 2 is 1.83 bits per heavy atom. The fraction of sp³-hybridized carbons (Fsp3) is 0.435. The number of imidazole rings is 1. The van der Waals surface area contributed by atoms with Crippen LogP contribution in [-0.4, -0.2) is 85.2 Å². The number of hydrogen-bond acceptors (Lipinski definition) is 8. The number of rotatable bonds is 11. The van der Waals surface area contributed by atoms with Gasteiger partial charge in [-0.3, -0.25) is 14.4 Å². The summed E-state index contributed by atoms with van der Waals surface area (Å²) in [6.07, 6.45) is 4.05. The number of aromatic amines is 1. The molecule has 0 bridgehead atoms. The van der Waals surface area contributed by atoms with Gasteiger partial charge in [-0.1, -0.05) is 12.1 Å². The lowest BCUT2D eigenvalue weighted by molar-refractivity contribution is -0.149. The average molecular weight is 519 g/mol. The van der Waals surface area contributed by atoms with Gasteiger partial charge in [-0.05, 0) is 37.0 Å². The van der Waals surface area contributed by atoms with E-state index >= 15 is 0 Å². The minimum atomic E-state index is -1.10. The normalized spacial score (nSPS) is 17.7. The molecule has 1 fully saturated rings. The van der Waals surface area contributed by atoms with Gasteiger partial charge in [-0.2, -0.15) is 12.6 Å². The van der Waals surface area contributed by atoms with Gasteiger partial charge in [0.1, 0.15) is 23.9 Å². The lowest BCUT2D eigenvalue weighted by Gasteiger charge is -2.28. The molecule has 0 spiro atoms. The number of carboxylic acid groups (broad SMARTS) is 1. The van der Waals surface area contributed by atoms with E-state index in [4.69, 9.17) is 5.73 Å². The number of nitrogens with zero attached hydrogens (tertiary/aromatic N) is 2. The van der Waals surface area contributed by atoms with Crippen LogP contribution in [0.4, 0.5) is 0 Å². The van der Waals surface area contributed by atoms with Crippen LogP contribution in [0.1, 0.15) is 24.1 Å². The highest BCUT2D eigenvalue weighted by molar-refractivity contribution is 7.80. The zero-order valence-corrected chi connectivity index (χ0v) is 20.4. The summed E-state index contributed by atoms with van der Waals surface area (Å²) in [6, 6.07) is 2.15. The second-order valence-electron chi connectivity index (χ2n) is 8.59. The number of thiol groups is 1. The molecular formula is C23H30N6O6S. The highest BCUT2D eigenvalue weighted by Crippen LogP contribution is 2.19. The molecule has 0 saturated carbocycles. The van der Waals surface area contributed by atoms with Crippen LogP contribution in [0, 0.1) is 0 Å². The highest BCUT2D eigenvalue weighted by Gasteiger charge is 2.38. The summed E-state index contributed by atoms with van der Waals surface area (Å²) in [6.45, 7) is 0.268. The van der Waals surface area contributed by atoms with Crippen molar-refractivity contribution in [2.45, 2.75) is 49.9 Å². The van der Waals surface area contributed by atoms with Gasteiger partial charge in [0.05, 0.1) is 12.4 Å². The summed E-state index contributed by atoms with van der Waals surface area (Å²) in [5.41, 5.74) is 7.30. The van der Waals surface area contributed by atoms with Crippen LogP contribution in [-0.2, 0) is 32.0 Å². The topological polar surface area (TPSA) is 191 Å². The predicted octanol–water partition coefficient (Wildman–Crippen LogP) is -0.797. The van der Waals surface area contributed by atoms with E-state index in [1.165, 1.54) is 29.6 Å². The van der Waals surface area contributed by atoms with E-state index in [1.807, 2.05) is 0 Å². The molecule has 0 radical (unpaired) electrons. The van der Waals surface area contributed by atoms with Crippen molar-refractivity contribution in [1.29, 1.82) is 0 Å². The first kappa shape index (κ1) is 27.0. The lowest BCUT2D eigenvalue weighted by atomic mass is 10.1. The third-order valence-electron chi connectivity index (χ3n) is 5.96. The fourth-order valence-corrected chi connectivity index (χ4v) is 4.28. The number of likely N-dealkylation sites (tertiary alicyclic amines) is 1. The molecule has 1 saturated heterocycles. The molecule has 2 aromatic rings. The second kappa shape index (κ2) is 12.4. The van der Waals surface area contributed by atoms with E-state index < -0.39 is 47.9 Å². The van der Waals surface area contributed by atoms with Crippen LogP contribution >= 0.6 is 12.6 Å². The van der Waals surface area contributed by atoms with Crippen molar-refractivity contribution in [3.05, 3.63) is 48.0 Å². The van der Waals surface area contributed by atoms with Crippen molar-refractivity contribution in [3.8, 4) is 5.75 Å². The molecule has 4 unspecified atom stereocenters. The van der Waals surface area contributed by atoms with E-state index in [-0.39, 0.29) is 30.9 Å². The smallest absolute Gasteiger partial charge is 0.326 e. The second-order valence-corrected chi connectivity index (χ2v) is 8.96. The Morgan fingerprint density at radius 1 is 1.14 bits per heavy atom. The molecule has 1 aliphatic heterocycles. The first-order valence-electron chi connectivity index (χ1n) is 11.4. The van der Waals surface area contributed by atoms with Gasteiger partial charge in [0.15, 0.2) is 0 Å². The van der Waals surface area contributed by atoms with Gasteiger partial charge in [0, 0.05) is 30.6 Å². The number of H-pyrrole nitrogens is 1. The molecule has 1 aromatic carbocycles. The van der Waals surface area contributed by atoms with Gasteiger partial charge in [0.2, 0.25) is 17.7 Å². The van der Waals surface area contributed by atoms with Crippen molar-refractivity contribution in [1.82, 2.24) is 25.5 Å². The first-order chi connectivity index (χ1) is 17.2. The summed E-state index contributed by atoms with van der Waals surface area (Å²) in [5.74, 6) is -2.84. The van der Waals surface area contributed by atoms with Crippen LogP contribution in [0.25, 0.3) is 0 Å². The number of phenolic OH excluding ortho intramolecular Hbond substituents is 1.